The first kappa shape index (κ1) is 30.7. The summed E-state index contributed by atoms with van der Waals surface area (Å²) in [5.74, 6) is 0.895. The van der Waals surface area contributed by atoms with E-state index >= 15 is 0 Å². The van der Waals surface area contributed by atoms with Gasteiger partial charge in [-0.25, -0.2) is 9.79 Å². The number of hydrogen-bond donors (Lipinski definition) is 0. The molecule has 1 aliphatic rings. The Morgan fingerprint density at radius 2 is 1.77 bits per heavy atom. The Bertz CT molecular complexity index is 2390. The van der Waals surface area contributed by atoms with Crippen molar-refractivity contribution < 1.29 is 18.7 Å². The summed E-state index contributed by atoms with van der Waals surface area (Å²) in [4.78, 5) is 33.8. The second-order valence-corrected chi connectivity index (χ2v) is 12.4. The lowest BCUT2D eigenvalue weighted by Crippen LogP contribution is -2.40. The van der Waals surface area contributed by atoms with Crippen LogP contribution in [0.15, 0.2) is 117 Å². The summed E-state index contributed by atoms with van der Waals surface area (Å²) < 4.78 is 19.6. The number of esters is 1. The van der Waals surface area contributed by atoms with Gasteiger partial charge in [-0.1, -0.05) is 101 Å². The monoisotopic (exact) mass is 680 g/mol. The number of carbonyl (C=O) groups is 1. The first-order chi connectivity index (χ1) is 22.9. The highest BCUT2D eigenvalue weighted by molar-refractivity contribution is 7.07. The smallest absolute Gasteiger partial charge is 0.338 e. The van der Waals surface area contributed by atoms with Crippen molar-refractivity contribution in [2.24, 2.45) is 4.99 Å². The fourth-order valence-electron chi connectivity index (χ4n) is 5.85. The Morgan fingerprint density at radius 1 is 0.979 bits per heavy atom. The molecule has 6 aromatic rings. The highest BCUT2D eigenvalue weighted by atomic mass is 35.5. The Kier molecular flexibility index (Phi) is 8.32. The molecule has 0 saturated carbocycles. The molecule has 0 fully saturated rings. The van der Waals surface area contributed by atoms with Gasteiger partial charge in [0.05, 0.1) is 39.6 Å². The number of furan rings is 1. The van der Waals surface area contributed by atoms with Crippen LogP contribution in [0.5, 0.6) is 5.75 Å². The quantitative estimate of drug-likeness (QED) is 0.162. The van der Waals surface area contributed by atoms with E-state index in [9.17, 15) is 9.59 Å². The van der Waals surface area contributed by atoms with Gasteiger partial charge in [0.2, 0.25) is 0 Å². The van der Waals surface area contributed by atoms with Gasteiger partial charge < -0.3 is 13.9 Å². The average Bonchev–Trinajstić information content (AvgIpc) is 3.68. The van der Waals surface area contributed by atoms with Crippen LogP contribution >= 0.6 is 34.5 Å². The molecule has 1 aliphatic heterocycles. The van der Waals surface area contributed by atoms with Crippen LogP contribution < -0.4 is 19.6 Å². The van der Waals surface area contributed by atoms with Gasteiger partial charge in [-0.15, -0.1) is 0 Å². The van der Waals surface area contributed by atoms with Gasteiger partial charge in [0.1, 0.15) is 23.3 Å². The molecule has 7 rings (SSSR count). The molecule has 0 aliphatic carbocycles. The predicted molar refractivity (Wildman–Crippen MR) is 186 cm³/mol. The summed E-state index contributed by atoms with van der Waals surface area (Å²) in [6.07, 6.45) is 1.67. The van der Waals surface area contributed by atoms with Crippen LogP contribution in [0.3, 0.4) is 0 Å². The summed E-state index contributed by atoms with van der Waals surface area (Å²) in [7, 11) is 1.57. The number of rotatable bonds is 7. The maximum absolute atomic E-state index is 14.5. The van der Waals surface area contributed by atoms with E-state index in [1.807, 2.05) is 72.8 Å². The third-order valence-corrected chi connectivity index (χ3v) is 9.72. The van der Waals surface area contributed by atoms with Gasteiger partial charge in [0, 0.05) is 22.8 Å². The number of thiazole rings is 1. The molecule has 3 heterocycles. The summed E-state index contributed by atoms with van der Waals surface area (Å²) in [6, 6.07) is 28.9. The van der Waals surface area contributed by atoms with Crippen LogP contribution in [0, 0.1) is 0 Å². The third kappa shape index (κ3) is 5.48. The topological polar surface area (TPSA) is 83.0 Å². The zero-order valence-electron chi connectivity index (χ0n) is 25.2. The lowest BCUT2D eigenvalue weighted by molar-refractivity contribution is -0.138. The molecule has 0 bridgehead atoms. The number of carbonyl (C=O) groups excluding carboxylic acids is 1. The normalized spacial score (nSPS) is 14.6. The Labute approximate surface area is 283 Å². The number of nitrogens with zero attached hydrogens (tertiary/aromatic N) is 2. The van der Waals surface area contributed by atoms with E-state index < -0.39 is 12.0 Å². The number of ether oxygens (including phenoxy) is 2. The van der Waals surface area contributed by atoms with Crippen LogP contribution in [0.4, 0.5) is 0 Å². The van der Waals surface area contributed by atoms with Gasteiger partial charge in [-0.05, 0) is 48.0 Å². The van der Waals surface area contributed by atoms with Gasteiger partial charge in [-0.2, -0.15) is 0 Å². The SMILES string of the molecule is CCOC(=O)C1=C(c2ccccc2)N=c2s/c(=C/c3ccc(-c4cccc(Cl)c4Cl)o3)c(=O)n2[C@H]1c1c(OC)ccc2ccccc12. The number of hydrogen-bond acceptors (Lipinski definition) is 7. The van der Waals surface area contributed by atoms with Crippen molar-refractivity contribution in [2.75, 3.05) is 13.7 Å². The van der Waals surface area contributed by atoms with Gasteiger partial charge in [0.25, 0.3) is 5.56 Å². The Balaban J connectivity index is 1.51. The number of methoxy groups -OCH3 is 1. The van der Waals surface area contributed by atoms with Crippen molar-refractivity contribution in [3.05, 3.63) is 149 Å². The Morgan fingerprint density at radius 3 is 2.55 bits per heavy atom. The summed E-state index contributed by atoms with van der Waals surface area (Å²) in [5, 5.41) is 2.54. The van der Waals surface area contributed by atoms with Crippen LogP contribution in [-0.4, -0.2) is 24.3 Å². The summed E-state index contributed by atoms with van der Waals surface area (Å²) in [5.41, 5.74) is 2.32. The average molecular weight is 682 g/mol. The van der Waals surface area contributed by atoms with Crippen LogP contribution in [0.2, 0.25) is 10.0 Å². The van der Waals surface area contributed by atoms with E-state index in [2.05, 4.69) is 0 Å². The molecule has 0 unspecified atom stereocenters. The molecule has 2 aromatic heterocycles. The standard InChI is InChI=1S/C37H26Cl2N2O5S/c1-3-45-36(43)31-33(22-11-5-4-6-12-22)40-37-41(34(31)30-24-13-8-7-10-21(24)16-18-28(30)44-2)35(42)29(47-37)20-23-17-19-27(46-23)25-14-9-15-26(38)32(25)39/h4-20,34H,3H2,1-2H3/b29-20+/t34-/m0/s1. The molecule has 47 heavy (non-hydrogen) atoms. The predicted octanol–water partition coefficient (Wildman–Crippen LogP) is 7.66. The Hall–Kier alpha value is -4.89. The first-order valence-electron chi connectivity index (χ1n) is 14.8. The van der Waals surface area contributed by atoms with E-state index in [0.717, 1.165) is 10.8 Å². The van der Waals surface area contributed by atoms with Crippen molar-refractivity contribution >= 4 is 63.1 Å². The second-order valence-electron chi connectivity index (χ2n) is 10.6. The maximum Gasteiger partial charge on any atom is 0.338 e. The van der Waals surface area contributed by atoms with Crippen molar-refractivity contribution in [1.29, 1.82) is 0 Å². The van der Waals surface area contributed by atoms with Crippen LogP contribution in [0.25, 0.3) is 33.9 Å². The maximum atomic E-state index is 14.5. The largest absolute Gasteiger partial charge is 0.496 e. The number of halogens is 2. The molecular weight excluding hydrogens is 655 g/mol. The second kappa shape index (κ2) is 12.7. The fourth-order valence-corrected chi connectivity index (χ4v) is 7.22. The van der Waals surface area contributed by atoms with Crippen molar-refractivity contribution in [3.8, 4) is 17.1 Å². The number of benzene rings is 4. The minimum Gasteiger partial charge on any atom is -0.496 e. The number of fused-ring (bicyclic) bond motifs is 2. The van der Waals surface area contributed by atoms with Gasteiger partial charge in [-0.3, -0.25) is 9.36 Å². The lowest BCUT2D eigenvalue weighted by Gasteiger charge is -2.28. The van der Waals surface area contributed by atoms with Gasteiger partial charge >= 0.3 is 5.97 Å². The van der Waals surface area contributed by atoms with E-state index in [0.29, 0.717) is 59.0 Å². The third-order valence-electron chi connectivity index (χ3n) is 7.91. The molecular formula is C37H26Cl2N2O5S. The molecule has 7 nitrogen and oxygen atoms in total. The van der Waals surface area contributed by atoms with Gasteiger partial charge in [0.15, 0.2) is 4.80 Å². The minimum atomic E-state index is -0.916. The fraction of sp³-hybridized carbons (Fsp3) is 0.108. The van der Waals surface area contributed by atoms with Crippen molar-refractivity contribution in [1.82, 2.24) is 4.57 Å². The molecule has 4 aromatic carbocycles. The molecule has 0 spiro atoms. The first-order valence-corrected chi connectivity index (χ1v) is 16.3. The highest BCUT2D eigenvalue weighted by Crippen LogP contribution is 2.42. The zero-order chi connectivity index (χ0) is 32.7. The molecule has 234 valence electrons. The lowest BCUT2D eigenvalue weighted by atomic mass is 9.89. The van der Waals surface area contributed by atoms with Crippen molar-refractivity contribution in [3.63, 3.8) is 0 Å². The highest BCUT2D eigenvalue weighted by Gasteiger charge is 2.37. The van der Waals surface area contributed by atoms with Crippen molar-refractivity contribution in [2.45, 2.75) is 13.0 Å². The molecule has 0 amide bonds. The molecule has 1 atom stereocenters. The summed E-state index contributed by atoms with van der Waals surface area (Å²) >= 11 is 13.9. The summed E-state index contributed by atoms with van der Waals surface area (Å²) in [6.45, 7) is 1.89. The molecule has 10 heteroatoms. The minimum absolute atomic E-state index is 0.145. The van der Waals surface area contributed by atoms with E-state index in [4.69, 9.17) is 42.1 Å². The number of aromatic nitrogens is 1. The molecule has 0 N–H and O–H groups in total. The van der Waals surface area contributed by atoms with E-state index in [-0.39, 0.29) is 17.7 Å². The van der Waals surface area contributed by atoms with Crippen LogP contribution in [0.1, 0.15) is 29.9 Å². The molecule has 0 saturated heterocycles. The zero-order valence-corrected chi connectivity index (χ0v) is 27.5. The van der Waals surface area contributed by atoms with E-state index in [1.54, 1.807) is 48.9 Å². The molecule has 0 radical (unpaired) electrons. The van der Waals surface area contributed by atoms with E-state index in [1.165, 1.54) is 11.3 Å². The van der Waals surface area contributed by atoms with Crippen LogP contribution in [-0.2, 0) is 9.53 Å².